The number of hydrogen-bond donors (Lipinski definition) is 0. The first-order chi connectivity index (χ1) is 9.72. The lowest BCUT2D eigenvalue weighted by atomic mass is 10.3. The molecule has 0 spiro atoms. The van der Waals surface area contributed by atoms with Crippen LogP contribution in [0.1, 0.15) is 13.8 Å². The predicted octanol–water partition coefficient (Wildman–Crippen LogP) is 2.63. The highest BCUT2D eigenvalue weighted by molar-refractivity contribution is 7.92. The lowest BCUT2D eigenvalue weighted by Crippen LogP contribution is -2.42. The average molecular weight is 353 g/mol. The molecular weight excluding hydrogens is 335 g/mol. The van der Waals surface area contributed by atoms with Crippen molar-refractivity contribution in [3.63, 3.8) is 0 Å². The van der Waals surface area contributed by atoms with Gasteiger partial charge < -0.3 is 4.90 Å². The molecule has 0 N–H and O–H groups in total. The van der Waals surface area contributed by atoms with E-state index in [1.165, 1.54) is 12.1 Å². The first-order valence-electron chi connectivity index (χ1n) is 6.41. The van der Waals surface area contributed by atoms with Crippen molar-refractivity contribution in [1.82, 2.24) is 4.90 Å². The molecular formula is C13H18Cl2N2O3S. The van der Waals surface area contributed by atoms with Gasteiger partial charge in [-0.2, -0.15) is 0 Å². The minimum absolute atomic E-state index is 0.129. The van der Waals surface area contributed by atoms with E-state index in [1.807, 2.05) is 13.8 Å². The van der Waals surface area contributed by atoms with Gasteiger partial charge in [0.25, 0.3) is 0 Å². The Morgan fingerprint density at radius 3 is 2.00 bits per heavy atom. The van der Waals surface area contributed by atoms with Crippen LogP contribution in [0.15, 0.2) is 18.2 Å². The highest BCUT2D eigenvalue weighted by atomic mass is 35.5. The van der Waals surface area contributed by atoms with Crippen LogP contribution in [0.4, 0.5) is 5.69 Å². The molecule has 21 heavy (non-hydrogen) atoms. The molecule has 0 aliphatic rings. The summed E-state index contributed by atoms with van der Waals surface area (Å²) in [4.78, 5) is 13.7. The van der Waals surface area contributed by atoms with E-state index < -0.39 is 10.0 Å². The first-order valence-corrected chi connectivity index (χ1v) is 9.02. The van der Waals surface area contributed by atoms with Gasteiger partial charge in [-0.1, -0.05) is 29.3 Å². The molecule has 1 amide bonds. The topological polar surface area (TPSA) is 57.7 Å². The summed E-state index contributed by atoms with van der Waals surface area (Å²) in [5.74, 6) is -0.304. The number of sulfonamides is 1. The Balaban J connectivity index is 3.24. The number of anilines is 1. The van der Waals surface area contributed by atoms with Crippen molar-refractivity contribution >= 4 is 44.8 Å². The molecule has 0 bridgehead atoms. The number of likely N-dealkylation sites (N-methyl/N-ethyl adjacent to an activating group) is 1. The van der Waals surface area contributed by atoms with E-state index in [0.29, 0.717) is 13.1 Å². The van der Waals surface area contributed by atoms with Gasteiger partial charge in [0, 0.05) is 13.1 Å². The summed E-state index contributed by atoms with van der Waals surface area (Å²) in [7, 11) is -3.69. The zero-order chi connectivity index (χ0) is 16.2. The summed E-state index contributed by atoms with van der Waals surface area (Å²) in [5.41, 5.74) is 0.129. The maximum atomic E-state index is 12.2. The van der Waals surface area contributed by atoms with Crippen molar-refractivity contribution < 1.29 is 13.2 Å². The number of carbonyl (C=O) groups excluding carboxylic acids is 1. The van der Waals surface area contributed by atoms with Crippen LogP contribution in [0.25, 0.3) is 0 Å². The first kappa shape index (κ1) is 18.1. The molecule has 0 atom stereocenters. The number of nitrogens with zero attached hydrogens (tertiary/aromatic N) is 2. The van der Waals surface area contributed by atoms with E-state index in [1.54, 1.807) is 11.0 Å². The fraction of sp³-hybridized carbons (Fsp3) is 0.462. The van der Waals surface area contributed by atoms with Gasteiger partial charge in [0.2, 0.25) is 15.9 Å². The Hall–Kier alpha value is -0.980. The van der Waals surface area contributed by atoms with Crippen LogP contribution in [0.5, 0.6) is 0 Å². The standard InChI is InChI=1S/C13H18Cl2N2O3S/c1-4-16(5-2)12(18)9-17(21(3,19)20)13-10(14)7-6-8-11(13)15/h6-8H,4-5,9H2,1-3H3. The molecule has 1 aromatic carbocycles. The zero-order valence-electron chi connectivity index (χ0n) is 12.1. The molecule has 0 aliphatic heterocycles. The van der Waals surface area contributed by atoms with E-state index >= 15 is 0 Å². The maximum Gasteiger partial charge on any atom is 0.243 e. The van der Waals surface area contributed by atoms with Gasteiger partial charge in [-0.15, -0.1) is 0 Å². The Labute approximate surface area is 135 Å². The van der Waals surface area contributed by atoms with Crippen LogP contribution < -0.4 is 4.31 Å². The van der Waals surface area contributed by atoms with Crippen molar-refractivity contribution in [2.24, 2.45) is 0 Å². The summed E-state index contributed by atoms with van der Waals surface area (Å²) in [6.45, 7) is 4.33. The Kier molecular flexibility index (Phi) is 6.31. The summed E-state index contributed by atoms with van der Waals surface area (Å²) in [6.07, 6.45) is 1.02. The minimum atomic E-state index is -3.69. The third kappa shape index (κ3) is 4.49. The van der Waals surface area contributed by atoms with Crippen molar-refractivity contribution in [3.05, 3.63) is 28.2 Å². The molecule has 0 unspecified atom stereocenters. The summed E-state index contributed by atoms with van der Waals surface area (Å²) in [5, 5.41) is 0.362. The molecule has 0 aromatic heterocycles. The average Bonchev–Trinajstić information content (AvgIpc) is 2.37. The van der Waals surface area contributed by atoms with Crippen molar-refractivity contribution in [3.8, 4) is 0 Å². The largest absolute Gasteiger partial charge is 0.342 e. The van der Waals surface area contributed by atoms with E-state index in [4.69, 9.17) is 23.2 Å². The number of halogens is 2. The Morgan fingerprint density at radius 2 is 1.62 bits per heavy atom. The third-order valence-electron chi connectivity index (χ3n) is 2.98. The molecule has 0 radical (unpaired) electrons. The van der Waals surface area contributed by atoms with E-state index in [2.05, 4.69) is 0 Å². The summed E-state index contributed by atoms with van der Waals surface area (Å²) < 4.78 is 25.0. The van der Waals surface area contributed by atoms with Gasteiger partial charge in [0.05, 0.1) is 22.0 Å². The number of carbonyl (C=O) groups is 1. The number of amides is 1. The van der Waals surface area contributed by atoms with Crippen LogP contribution in [0.2, 0.25) is 10.0 Å². The fourth-order valence-corrected chi connectivity index (χ4v) is 3.46. The Morgan fingerprint density at radius 1 is 1.14 bits per heavy atom. The van der Waals surface area contributed by atoms with E-state index in [-0.39, 0.29) is 28.2 Å². The van der Waals surface area contributed by atoms with Crippen LogP contribution in [-0.4, -0.2) is 45.1 Å². The van der Waals surface area contributed by atoms with E-state index in [9.17, 15) is 13.2 Å². The molecule has 0 aliphatic carbocycles. The number of hydrogen-bond acceptors (Lipinski definition) is 3. The van der Waals surface area contributed by atoms with Crippen LogP contribution in [0.3, 0.4) is 0 Å². The van der Waals surface area contributed by atoms with Gasteiger partial charge in [0.15, 0.2) is 0 Å². The SMILES string of the molecule is CCN(CC)C(=O)CN(c1c(Cl)cccc1Cl)S(C)(=O)=O. The highest BCUT2D eigenvalue weighted by Gasteiger charge is 2.26. The quantitative estimate of drug-likeness (QED) is 0.790. The van der Waals surface area contributed by atoms with E-state index in [0.717, 1.165) is 10.6 Å². The molecule has 0 heterocycles. The highest BCUT2D eigenvalue weighted by Crippen LogP contribution is 2.34. The summed E-state index contributed by atoms with van der Waals surface area (Å²) >= 11 is 12.1. The van der Waals surface area contributed by atoms with Gasteiger partial charge in [0.1, 0.15) is 6.54 Å². The van der Waals surface area contributed by atoms with Gasteiger partial charge in [-0.05, 0) is 26.0 Å². The second kappa shape index (κ2) is 7.33. The number of benzene rings is 1. The van der Waals surface area contributed by atoms with Gasteiger partial charge in [-0.25, -0.2) is 8.42 Å². The molecule has 0 fully saturated rings. The Bertz CT molecular complexity index is 596. The molecule has 0 saturated carbocycles. The van der Waals surface area contributed by atoms with Crippen LogP contribution >= 0.6 is 23.2 Å². The van der Waals surface area contributed by atoms with Crippen molar-refractivity contribution in [2.75, 3.05) is 30.2 Å². The molecule has 1 rings (SSSR count). The third-order valence-corrected chi connectivity index (χ3v) is 4.70. The van der Waals surface area contributed by atoms with Gasteiger partial charge in [-0.3, -0.25) is 9.10 Å². The minimum Gasteiger partial charge on any atom is -0.342 e. The second-order valence-corrected chi connectivity index (χ2v) is 7.13. The zero-order valence-corrected chi connectivity index (χ0v) is 14.5. The monoisotopic (exact) mass is 352 g/mol. The van der Waals surface area contributed by atoms with Crippen molar-refractivity contribution in [2.45, 2.75) is 13.8 Å². The van der Waals surface area contributed by atoms with Crippen LogP contribution in [-0.2, 0) is 14.8 Å². The van der Waals surface area contributed by atoms with Crippen LogP contribution in [0, 0.1) is 0 Å². The molecule has 1 aromatic rings. The smallest absolute Gasteiger partial charge is 0.243 e. The normalized spacial score (nSPS) is 11.3. The number of para-hydroxylation sites is 1. The lowest BCUT2D eigenvalue weighted by molar-refractivity contribution is -0.129. The second-order valence-electron chi connectivity index (χ2n) is 4.41. The maximum absolute atomic E-state index is 12.2. The summed E-state index contributed by atoms with van der Waals surface area (Å²) in [6, 6.07) is 4.67. The fourth-order valence-electron chi connectivity index (χ4n) is 1.89. The molecule has 118 valence electrons. The molecule has 5 nitrogen and oxygen atoms in total. The molecule has 0 saturated heterocycles. The number of rotatable bonds is 6. The lowest BCUT2D eigenvalue weighted by Gasteiger charge is -2.27. The molecule has 8 heteroatoms. The van der Waals surface area contributed by atoms with Crippen molar-refractivity contribution in [1.29, 1.82) is 0 Å². The van der Waals surface area contributed by atoms with Gasteiger partial charge >= 0.3 is 0 Å². The predicted molar refractivity (Wildman–Crippen MR) is 86.6 cm³/mol.